The van der Waals surface area contributed by atoms with Crippen molar-refractivity contribution < 1.29 is 19.1 Å². The fraction of sp³-hybridized carbons (Fsp3) is 0.704. The second-order valence-corrected chi connectivity index (χ2v) is 11.5. The van der Waals surface area contributed by atoms with Gasteiger partial charge in [0.15, 0.2) is 5.78 Å². The summed E-state index contributed by atoms with van der Waals surface area (Å²) < 4.78 is 11.8. The molecule has 0 unspecified atom stereocenters. The molecule has 2 saturated carbocycles. The molecule has 6 atom stereocenters. The number of carbonyl (C=O) groups is 2. The first-order valence-corrected chi connectivity index (χ1v) is 12.2. The average Bonchev–Trinajstić information content (AvgIpc) is 3.23. The zero-order valence-corrected chi connectivity index (χ0v) is 19.4. The summed E-state index contributed by atoms with van der Waals surface area (Å²) in [6, 6.07) is 0. The molecule has 3 fully saturated rings. The molecular formula is C27H36O4. The summed E-state index contributed by atoms with van der Waals surface area (Å²) in [5.74, 6) is 2.05. The van der Waals surface area contributed by atoms with Crippen molar-refractivity contribution in [1.29, 1.82) is 0 Å². The van der Waals surface area contributed by atoms with Gasteiger partial charge in [0.25, 0.3) is 0 Å². The summed E-state index contributed by atoms with van der Waals surface area (Å²) in [6.07, 6.45) is 14.7. The number of hydrogen-bond acceptors (Lipinski definition) is 4. The Morgan fingerprint density at radius 3 is 2.65 bits per heavy atom. The summed E-state index contributed by atoms with van der Waals surface area (Å²) in [7, 11) is 0. The molecule has 1 aliphatic heterocycles. The Hall–Kier alpha value is -1.84. The third-order valence-corrected chi connectivity index (χ3v) is 9.46. The van der Waals surface area contributed by atoms with Crippen molar-refractivity contribution in [1.82, 2.24) is 0 Å². The van der Waals surface area contributed by atoms with Gasteiger partial charge in [-0.15, -0.1) is 0 Å². The quantitative estimate of drug-likeness (QED) is 0.339. The highest BCUT2D eigenvalue weighted by atomic mass is 16.6. The fourth-order valence-electron chi connectivity index (χ4n) is 7.73. The lowest BCUT2D eigenvalue weighted by atomic mass is 9.48. The van der Waals surface area contributed by atoms with E-state index in [2.05, 4.69) is 39.8 Å². The van der Waals surface area contributed by atoms with E-state index in [9.17, 15) is 9.59 Å². The van der Waals surface area contributed by atoms with E-state index in [0.717, 1.165) is 44.1 Å². The van der Waals surface area contributed by atoms with E-state index in [4.69, 9.17) is 9.47 Å². The molecule has 1 saturated heterocycles. The third kappa shape index (κ3) is 3.00. The zero-order valence-electron chi connectivity index (χ0n) is 19.4. The summed E-state index contributed by atoms with van der Waals surface area (Å²) >= 11 is 0. The van der Waals surface area contributed by atoms with E-state index in [0.29, 0.717) is 36.7 Å². The van der Waals surface area contributed by atoms with Gasteiger partial charge >= 0.3 is 5.97 Å². The standard InChI is InChI=1S/C27H36O4/c1-17(2)15-30-16-18-14-25(3)19(13-23(18)28)5-6-20-21(25)7-10-26(4)22(20)8-11-27(26)12-9-24(29)31-27/h5-6,13,16-17,20-22H,7-12,14-15H2,1-4H3/b18-16-/t20-,21+,22+,25+,26+,27-/m1/s1. The van der Waals surface area contributed by atoms with Gasteiger partial charge < -0.3 is 9.47 Å². The van der Waals surface area contributed by atoms with Crippen LogP contribution in [-0.2, 0) is 19.1 Å². The fourth-order valence-corrected chi connectivity index (χ4v) is 7.73. The molecule has 31 heavy (non-hydrogen) atoms. The van der Waals surface area contributed by atoms with Crippen LogP contribution in [0.4, 0.5) is 0 Å². The van der Waals surface area contributed by atoms with Crippen LogP contribution in [0.3, 0.4) is 0 Å². The van der Waals surface area contributed by atoms with Gasteiger partial charge in [0, 0.05) is 22.8 Å². The van der Waals surface area contributed by atoms with E-state index in [-0.39, 0.29) is 28.2 Å². The van der Waals surface area contributed by atoms with Crippen LogP contribution in [-0.4, -0.2) is 24.0 Å². The molecule has 0 N–H and O–H groups in total. The molecule has 5 rings (SSSR count). The Morgan fingerprint density at radius 2 is 1.94 bits per heavy atom. The van der Waals surface area contributed by atoms with E-state index < -0.39 is 0 Å². The molecule has 168 valence electrons. The summed E-state index contributed by atoms with van der Waals surface area (Å²) in [6.45, 7) is 9.61. The van der Waals surface area contributed by atoms with Crippen molar-refractivity contribution in [2.24, 2.45) is 34.5 Å². The lowest BCUT2D eigenvalue weighted by Crippen LogP contribution is -2.53. The first-order valence-electron chi connectivity index (χ1n) is 12.2. The molecule has 4 heteroatoms. The van der Waals surface area contributed by atoms with Crippen molar-refractivity contribution >= 4 is 11.8 Å². The molecule has 1 spiro atoms. The number of esters is 1. The minimum Gasteiger partial charge on any atom is -0.500 e. The highest BCUT2D eigenvalue weighted by Gasteiger charge is 2.66. The number of ether oxygens (including phenoxy) is 2. The first kappa shape index (κ1) is 21.0. The molecule has 4 nitrogen and oxygen atoms in total. The number of rotatable bonds is 3. The van der Waals surface area contributed by atoms with Crippen molar-refractivity contribution in [3.63, 3.8) is 0 Å². The molecule has 0 aromatic carbocycles. The maximum absolute atomic E-state index is 12.8. The predicted molar refractivity (Wildman–Crippen MR) is 119 cm³/mol. The molecule has 0 bridgehead atoms. The van der Waals surface area contributed by atoms with Gasteiger partial charge in [0.1, 0.15) is 5.60 Å². The monoisotopic (exact) mass is 424 g/mol. The van der Waals surface area contributed by atoms with Crippen LogP contribution < -0.4 is 0 Å². The molecular weight excluding hydrogens is 388 g/mol. The third-order valence-electron chi connectivity index (χ3n) is 9.46. The van der Waals surface area contributed by atoms with Crippen molar-refractivity contribution in [2.45, 2.75) is 78.2 Å². The topological polar surface area (TPSA) is 52.6 Å². The van der Waals surface area contributed by atoms with E-state index in [1.54, 1.807) is 6.26 Å². The number of carbonyl (C=O) groups excluding carboxylic acids is 2. The van der Waals surface area contributed by atoms with Crippen LogP contribution >= 0.6 is 0 Å². The highest BCUT2D eigenvalue weighted by molar-refractivity contribution is 6.06. The van der Waals surface area contributed by atoms with Crippen LogP contribution in [0.5, 0.6) is 0 Å². The Morgan fingerprint density at radius 1 is 1.16 bits per heavy atom. The van der Waals surface area contributed by atoms with Crippen LogP contribution in [0, 0.1) is 34.5 Å². The Bertz CT molecular complexity index is 895. The summed E-state index contributed by atoms with van der Waals surface area (Å²) in [5, 5.41) is 0. The average molecular weight is 425 g/mol. The smallest absolute Gasteiger partial charge is 0.306 e. The predicted octanol–water partition coefficient (Wildman–Crippen LogP) is 5.54. The highest BCUT2D eigenvalue weighted by Crippen LogP contribution is 2.68. The molecule has 5 aliphatic rings. The second kappa shape index (κ2) is 7.08. The maximum Gasteiger partial charge on any atom is 0.306 e. The van der Waals surface area contributed by atoms with Crippen LogP contribution in [0.1, 0.15) is 72.6 Å². The first-order chi connectivity index (χ1) is 14.7. The molecule has 0 aromatic heterocycles. The van der Waals surface area contributed by atoms with Gasteiger partial charge in [-0.05, 0) is 73.8 Å². The molecule has 1 heterocycles. The number of hydrogen-bond donors (Lipinski definition) is 0. The van der Waals surface area contributed by atoms with Crippen molar-refractivity contribution in [3.8, 4) is 0 Å². The minimum atomic E-state index is -0.247. The van der Waals surface area contributed by atoms with Gasteiger partial charge in [0.2, 0.25) is 0 Å². The minimum absolute atomic E-state index is 0.0117. The van der Waals surface area contributed by atoms with Crippen molar-refractivity contribution in [3.05, 3.63) is 35.6 Å². The second-order valence-electron chi connectivity index (χ2n) is 11.5. The van der Waals surface area contributed by atoms with Gasteiger partial charge in [-0.3, -0.25) is 9.59 Å². The van der Waals surface area contributed by atoms with E-state index in [1.807, 2.05) is 6.08 Å². The molecule has 4 aliphatic carbocycles. The summed E-state index contributed by atoms with van der Waals surface area (Å²) in [5.41, 5.74) is 1.77. The lowest BCUT2D eigenvalue weighted by Gasteiger charge is -2.57. The number of ketones is 1. The van der Waals surface area contributed by atoms with Gasteiger partial charge in [-0.25, -0.2) is 0 Å². The number of fused-ring (bicyclic) bond motifs is 6. The lowest BCUT2D eigenvalue weighted by molar-refractivity contribution is -0.165. The normalized spacial score (nSPS) is 44.9. The van der Waals surface area contributed by atoms with E-state index in [1.165, 1.54) is 5.57 Å². The van der Waals surface area contributed by atoms with Gasteiger partial charge in [-0.1, -0.05) is 39.8 Å². The van der Waals surface area contributed by atoms with Crippen LogP contribution in [0.25, 0.3) is 0 Å². The molecule has 0 radical (unpaired) electrons. The van der Waals surface area contributed by atoms with Crippen molar-refractivity contribution in [2.75, 3.05) is 6.61 Å². The molecule has 0 aromatic rings. The Labute approximate surface area is 186 Å². The maximum atomic E-state index is 12.8. The van der Waals surface area contributed by atoms with Crippen LogP contribution in [0.15, 0.2) is 35.6 Å². The SMILES string of the molecule is CC(C)CO/C=C1/C[C@@]2(C)C(=CC1=O)C=C[C@@H]1[C@@H]2CC[C@@]2(C)[C@H]1CC[C@@]21CCC(=O)O1. The van der Waals surface area contributed by atoms with Crippen LogP contribution in [0.2, 0.25) is 0 Å². The summed E-state index contributed by atoms with van der Waals surface area (Å²) in [4.78, 5) is 24.8. The largest absolute Gasteiger partial charge is 0.500 e. The van der Waals surface area contributed by atoms with Gasteiger partial charge in [-0.2, -0.15) is 0 Å². The zero-order chi connectivity index (χ0) is 22.0. The number of allylic oxidation sites excluding steroid dienone is 5. The van der Waals surface area contributed by atoms with Gasteiger partial charge in [0.05, 0.1) is 12.9 Å². The Kier molecular flexibility index (Phi) is 4.80. The Balaban J connectivity index is 1.44. The molecule has 0 amide bonds. The van der Waals surface area contributed by atoms with E-state index >= 15 is 0 Å².